The smallest absolute Gasteiger partial charge is 0.336 e. The molecule has 374 valence electrons. The van der Waals surface area contributed by atoms with E-state index < -0.39 is 29.6 Å². The van der Waals surface area contributed by atoms with Crippen LogP contribution in [0.5, 0.6) is 0 Å². The number of anilines is 2. The molecule has 1 saturated carbocycles. The summed E-state index contributed by atoms with van der Waals surface area (Å²) in [5.74, 6) is -3.34. The predicted octanol–water partition coefficient (Wildman–Crippen LogP) is 7.86. The van der Waals surface area contributed by atoms with E-state index in [1.54, 1.807) is 6.07 Å². The molecule has 5 fully saturated rings. The van der Waals surface area contributed by atoms with Crippen molar-refractivity contribution in [2.24, 2.45) is 17.8 Å². The highest BCUT2D eigenvalue weighted by molar-refractivity contribution is 6.14. The molecule has 15 nitrogen and oxygen atoms in total. The SMILES string of the molecule is O=C(O)c1ccc(C(=O)O)c(-c2c3ccc(=[N+]4CC(C5C[N+](=c6ccc7c(-c8cc(C(=O)CC9C(=O)CCC9=O)ccc8C(=O)O)c8ccc(N9CCC9)cc8oc-7c6)C5)C4)cc-3oc3cc(N4CCC4)ccc23)c1. The van der Waals surface area contributed by atoms with Crippen molar-refractivity contribution in [3.8, 4) is 44.9 Å². The summed E-state index contributed by atoms with van der Waals surface area (Å²) in [5, 5.41) is 34.1. The van der Waals surface area contributed by atoms with Gasteiger partial charge in [0, 0.05) is 120 Å². The van der Waals surface area contributed by atoms with Gasteiger partial charge in [-0.3, -0.25) is 14.4 Å². The molecule has 75 heavy (non-hydrogen) atoms. The molecule has 9 aliphatic rings. The summed E-state index contributed by atoms with van der Waals surface area (Å²) in [6.45, 7) is 7.02. The lowest BCUT2D eigenvalue weighted by Gasteiger charge is -2.34. The van der Waals surface area contributed by atoms with Crippen molar-refractivity contribution in [3.63, 3.8) is 0 Å². The molecule has 3 N–H and O–H groups in total. The number of aromatic carboxylic acids is 3. The summed E-state index contributed by atoms with van der Waals surface area (Å²) in [6.07, 6.45) is 2.19. The van der Waals surface area contributed by atoms with Gasteiger partial charge in [-0.1, -0.05) is 6.07 Å². The van der Waals surface area contributed by atoms with Crippen molar-refractivity contribution < 1.29 is 52.9 Å². The minimum atomic E-state index is -1.16. The minimum Gasteiger partial charge on any atom is -0.478 e. The Kier molecular flexibility index (Phi) is 10.9. The van der Waals surface area contributed by atoms with Gasteiger partial charge in [-0.15, -0.1) is 0 Å². The Morgan fingerprint density at radius 2 is 0.960 bits per heavy atom. The third kappa shape index (κ3) is 7.87. The summed E-state index contributed by atoms with van der Waals surface area (Å²) >= 11 is 0. The van der Waals surface area contributed by atoms with Crippen LogP contribution in [0.15, 0.2) is 118 Å². The molecule has 4 saturated heterocycles. The van der Waals surface area contributed by atoms with Gasteiger partial charge in [0.25, 0.3) is 0 Å². The van der Waals surface area contributed by atoms with Crippen LogP contribution in [0, 0.1) is 17.8 Å². The highest BCUT2D eigenvalue weighted by atomic mass is 16.4. The summed E-state index contributed by atoms with van der Waals surface area (Å²) in [6, 6.07) is 32.4. The number of rotatable bonds is 11. The second-order valence-electron chi connectivity index (χ2n) is 20.7. The summed E-state index contributed by atoms with van der Waals surface area (Å²) < 4.78 is 18.0. The first-order valence-electron chi connectivity index (χ1n) is 25.6. The number of Topliss-reactive ketones (excluding diaryl/α,β-unsaturated/α-hetero) is 3. The number of benzene rings is 6. The molecular formula is C60H50N4O11+2. The molecule has 0 unspecified atom stereocenters. The van der Waals surface area contributed by atoms with E-state index in [-0.39, 0.29) is 53.1 Å². The van der Waals surface area contributed by atoms with Gasteiger partial charge < -0.3 is 34.0 Å². The molecular weight excluding hydrogens is 953 g/mol. The number of fused-ring (bicyclic) bond motifs is 4. The molecule has 0 radical (unpaired) electrons. The number of carbonyl (C=O) groups excluding carboxylic acids is 3. The number of carboxylic acid groups (broad SMARTS) is 3. The number of ketones is 3. The normalized spacial score (nSPS) is 18.6. The van der Waals surface area contributed by atoms with Gasteiger partial charge in [0.2, 0.25) is 10.7 Å². The fourth-order valence-corrected chi connectivity index (χ4v) is 11.8. The third-order valence-electron chi connectivity index (χ3n) is 16.4. The topological polar surface area (TPSA) is 202 Å². The van der Waals surface area contributed by atoms with Gasteiger partial charge in [0.15, 0.2) is 32.0 Å². The molecule has 0 spiro atoms. The zero-order chi connectivity index (χ0) is 51.4. The molecule has 4 aromatic rings. The number of nitrogens with zero attached hydrogens (tertiary/aromatic N) is 4. The van der Waals surface area contributed by atoms with Crippen molar-refractivity contribution in [2.75, 3.05) is 62.2 Å². The molecule has 4 aromatic carbocycles. The minimum absolute atomic E-state index is 0.00165. The van der Waals surface area contributed by atoms with E-state index in [1.165, 1.54) is 30.3 Å². The highest BCUT2D eigenvalue weighted by Crippen LogP contribution is 2.45. The van der Waals surface area contributed by atoms with Crippen LogP contribution in [0.4, 0.5) is 11.4 Å². The fourth-order valence-electron chi connectivity index (χ4n) is 11.8. The van der Waals surface area contributed by atoms with E-state index in [0.717, 1.165) is 87.3 Å². The maximum Gasteiger partial charge on any atom is 0.336 e. The number of hydrogen-bond donors (Lipinski definition) is 3. The van der Waals surface area contributed by atoms with Gasteiger partial charge in [-0.05, 0) is 90.7 Å². The largest absolute Gasteiger partial charge is 0.478 e. The Balaban J connectivity index is 0.827. The second kappa shape index (κ2) is 17.7. The average molecular weight is 1000 g/mol. The molecule has 13 rings (SSSR count). The Morgan fingerprint density at radius 1 is 0.507 bits per heavy atom. The Morgan fingerprint density at radius 3 is 1.39 bits per heavy atom. The zero-order valence-electron chi connectivity index (χ0n) is 40.7. The van der Waals surface area contributed by atoms with E-state index >= 15 is 0 Å². The van der Waals surface area contributed by atoms with Gasteiger partial charge in [0.1, 0.15) is 34.3 Å². The predicted molar refractivity (Wildman–Crippen MR) is 280 cm³/mol. The highest BCUT2D eigenvalue weighted by Gasteiger charge is 2.47. The van der Waals surface area contributed by atoms with Crippen LogP contribution in [0.1, 0.15) is 73.5 Å². The van der Waals surface area contributed by atoms with Gasteiger partial charge in [-0.25, -0.2) is 23.5 Å². The van der Waals surface area contributed by atoms with Gasteiger partial charge in [0.05, 0.1) is 46.6 Å². The third-order valence-corrected chi connectivity index (χ3v) is 16.4. The van der Waals surface area contributed by atoms with Crippen LogP contribution in [-0.4, -0.2) is 103 Å². The van der Waals surface area contributed by atoms with Crippen LogP contribution >= 0.6 is 0 Å². The molecule has 3 aliphatic carbocycles. The number of carboxylic acids is 3. The molecule has 0 amide bonds. The van der Waals surface area contributed by atoms with Crippen molar-refractivity contribution in [1.82, 2.24) is 9.15 Å². The van der Waals surface area contributed by atoms with Crippen molar-refractivity contribution in [3.05, 3.63) is 142 Å². The van der Waals surface area contributed by atoms with Gasteiger partial charge >= 0.3 is 17.9 Å². The van der Waals surface area contributed by atoms with Crippen molar-refractivity contribution in [1.29, 1.82) is 0 Å². The number of hydrogen-bond acceptors (Lipinski definition) is 10. The molecule has 6 heterocycles. The van der Waals surface area contributed by atoms with E-state index in [0.29, 0.717) is 78.7 Å². The van der Waals surface area contributed by atoms with Crippen molar-refractivity contribution in [2.45, 2.75) is 32.1 Å². The Bertz CT molecular complexity index is 3900. The van der Waals surface area contributed by atoms with Crippen LogP contribution in [0.3, 0.4) is 0 Å². The summed E-state index contributed by atoms with van der Waals surface area (Å²) in [7, 11) is 0. The molecule has 6 aliphatic heterocycles. The first-order valence-corrected chi connectivity index (χ1v) is 25.6. The van der Waals surface area contributed by atoms with E-state index in [1.807, 2.05) is 72.8 Å². The summed E-state index contributed by atoms with van der Waals surface area (Å²) in [4.78, 5) is 80.9. The van der Waals surface area contributed by atoms with Gasteiger partial charge in [-0.2, -0.15) is 0 Å². The van der Waals surface area contributed by atoms with Crippen molar-refractivity contribution >= 4 is 68.6 Å². The standard InChI is InChI=1S/C60H48N4O11/c65-49-15-16-50(66)48(49)27-51(67)32-3-9-40(59(70)71)46(21-32)56-42-11-5-36(61-17-1-18-61)23-52(42)74-54-25-38(7-13-44(54)56)63-28-34(29-63)35-30-64(31-35)39-8-14-45-55(26-39)75-53-24-37(62-19-2-20-62)6-12-43(53)57(45)47-22-33(58(68)69)4-10-41(47)60(72)73/h3-14,21-26,34-35,48H,1-2,15-20,27-31H2,(H-2,68,69,70,71,72,73)/p+2. The lowest BCUT2D eigenvalue weighted by atomic mass is 9.82. The lowest BCUT2D eigenvalue weighted by molar-refractivity contribution is -0.127. The molecule has 15 heteroatoms. The van der Waals surface area contributed by atoms with E-state index in [9.17, 15) is 44.1 Å². The van der Waals surface area contributed by atoms with Crippen LogP contribution in [0.2, 0.25) is 0 Å². The van der Waals surface area contributed by atoms with Crippen LogP contribution < -0.4 is 29.7 Å². The molecule has 0 atom stereocenters. The molecule has 0 aromatic heterocycles. The maximum absolute atomic E-state index is 13.7. The average Bonchev–Trinajstić information content (AvgIpc) is 3.68. The van der Waals surface area contributed by atoms with E-state index in [4.69, 9.17) is 8.83 Å². The number of carbonyl (C=O) groups is 6. The second-order valence-corrected chi connectivity index (χ2v) is 20.7. The molecule has 0 bridgehead atoms. The van der Waals surface area contributed by atoms with Crippen LogP contribution in [0.25, 0.3) is 66.8 Å². The Hall–Kier alpha value is -8.72. The first kappa shape index (κ1) is 46.1. The Labute approximate surface area is 428 Å². The summed E-state index contributed by atoms with van der Waals surface area (Å²) in [5.41, 5.74) is 6.60. The fraction of sp³-hybridized carbons (Fsp3) is 0.267. The lowest BCUT2D eigenvalue weighted by Crippen LogP contribution is -2.61. The van der Waals surface area contributed by atoms with Crippen LogP contribution in [-0.2, 0) is 9.59 Å². The quantitative estimate of drug-likeness (QED) is 0.0490. The van der Waals surface area contributed by atoms with E-state index in [2.05, 4.69) is 19.0 Å². The maximum atomic E-state index is 13.7. The zero-order valence-corrected chi connectivity index (χ0v) is 40.7. The first-order chi connectivity index (χ1) is 36.3. The monoisotopic (exact) mass is 1000 g/mol.